The molecule has 178 valence electrons. The molecule has 1 saturated heterocycles. The Balaban J connectivity index is 1.35. The first-order valence-electron chi connectivity index (χ1n) is 11.2. The fourth-order valence-corrected chi connectivity index (χ4v) is 5.08. The van der Waals surface area contributed by atoms with Crippen LogP contribution in [0.3, 0.4) is 0 Å². The number of carbonyl (C=O) groups is 1. The molecule has 34 heavy (non-hydrogen) atoms. The van der Waals surface area contributed by atoms with Gasteiger partial charge in [0.15, 0.2) is 0 Å². The van der Waals surface area contributed by atoms with Crippen LogP contribution in [-0.2, 0) is 16.6 Å². The second-order valence-corrected chi connectivity index (χ2v) is 10.3. The van der Waals surface area contributed by atoms with Gasteiger partial charge in [-0.1, -0.05) is 24.3 Å². The van der Waals surface area contributed by atoms with Gasteiger partial charge >= 0.3 is 0 Å². The third-order valence-electron chi connectivity index (χ3n) is 6.18. The zero-order valence-corrected chi connectivity index (χ0v) is 20.1. The molecule has 3 aromatic rings. The van der Waals surface area contributed by atoms with E-state index in [1.165, 1.54) is 6.07 Å². The normalized spacial score (nSPS) is 14.7. The van der Waals surface area contributed by atoms with E-state index in [2.05, 4.69) is 9.62 Å². The van der Waals surface area contributed by atoms with E-state index in [1.807, 2.05) is 19.9 Å². The highest BCUT2D eigenvalue weighted by Crippen LogP contribution is 2.20. The molecule has 0 atom stereocenters. The van der Waals surface area contributed by atoms with E-state index < -0.39 is 10.0 Å². The zero-order chi connectivity index (χ0) is 24.3. The van der Waals surface area contributed by atoms with Crippen LogP contribution in [0, 0.1) is 19.7 Å². The van der Waals surface area contributed by atoms with Gasteiger partial charge in [0, 0.05) is 49.5 Å². The van der Waals surface area contributed by atoms with Crippen molar-refractivity contribution >= 4 is 21.6 Å². The Kier molecular flexibility index (Phi) is 7.00. The number of nitrogens with one attached hydrogen (secondary N) is 1. The third kappa shape index (κ3) is 5.46. The van der Waals surface area contributed by atoms with Crippen molar-refractivity contribution in [2.75, 3.05) is 30.9 Å². The number of anilines is 1. The number of amides is 1. The van der Waals surface area contributed by atoms with Crippen molar-refractivity contribution in [2.24, 2.45) is 0 Å². The van der Waals surface area contributed by atoms with Crippen LogP contribution in [-0.4, -0.2) is 50.3 Å². The number of piperazine rings is 1. The number of benzene rings is 3. The van der Waals surface area contributed by atoms with E-state index in [0.29, 0.717) is 49.5 Å². The fraction of sp³-hybridized carbons (Fsp3) is 0.269. The molecule has 0 unspecified atom stereocenters. The number of nitrogens with zero attached hydrogens (tertiary/aromatic N) is 2. The summed E-state index contributed by atoms with van der Waals surface area (Å²) in [4.78, 5) is 17.0. The number of sulfonamides is 1. The molecule has 0 saturated carbocycles. The Hall–Kier alpha value is -3.23. The molecule has 1 aliphatic rings. The van der Waals surface area contributed by atoms with Crippen LogP contribution in [0.25, 0.3) is 0 Å². The third-order valence-corrected chi connectivity index (χ3v) is 7.56. The average Bonchev–Trinajstić information content (AvgIpc) is 2.82. The van der Waals surface area contributed by atoms with Crippen molar-refractivity contribution in [3.63, 3.8) is 0 Å². The minimum Gasteiger partial charge on any atom is -0.336 e. The Morgan fingerprint density at radius 2 is 1.59 bits per heavy atom. The van der Waals surface area contributed by atoms with Crippen molar-refractivity contribution in [3.8, 4) is 0 Å². The topological polar surface area (TPSA) is 69.7 Å². The van der Waals surface area contributed by atoms with Crippen LogP contribution in [0.1, 0.15) is 27.0 Å². The van der Waals surface area contributed by atoms with Crippen LogP contribution in [0.5, 0.6) is 0 Å². The molecule has 0 bridgehead atoms. The molecule has 1 N–H and O–H groups in total. The predicted molar refractivity (Wildman–Crippen MR) is 131 cm³/mol. The van der Waals surface area contributed by atoms with E-state index >= 15 is 0 Å². The van der Waals surface area contributed by atoms with Gasteiger partial charge < -0.3 is 4.90 Å². The highest BCUT2D eigenvalue weighted by Gasteiger charge is 2.23. The number of hydrogen-bond acceptors (Lipinski definition) is 4. The van der Waals surface area contributed by atoms with Gasteiger partial charge in [-0.25, -0.2) is 12.8 Å². The number of hydrogen-bond donors (Lipinski definition) is 1. The lowest BCUT2D eigenvalue weighted by Gasteiger charge is -2.34. The molecule has 0 radical (unpaired) electrons. The van der Waals surface area contributed by atoms with Crippen molar-refractivity contribution in [1.82, 2.24) is 9.80 Å². The molecule has 4 rings (SSSR count). The van der Waals surface area contributed by atoms with Gasteiger partial charge in [0.05, 0.1) is 4.90 Å². The molecule has 0 aliphatic carbocycles. The Morgan fingerprint density at radius 3 is 2.24 bits per heavy atom. The van der Waals surface area contributed by atoms with E-state index in [0.717, 1.165) is 11.1 Å². The molecule has 8 heteroatoms. The number of halogens is 1. The fourth-order valence-electron chi connectivity index (χ4n) is 3.94. The summed E-state index contributed by atoms with van der Waals surface area (Å²) in [5, 5.41) is 0. The molecular formula is C26H28FN3O3S. The summed E-state index contributed by atoms with van der Waals surface area (Å²) >= 11 is 0. The Labute approximate surface area is 200 Å². The number of rotatable bonds is 6. The van der Waals surface area contributed by atoms with Gasteiger partial charge in [0.2, 0.25) is 0 Å². The molecule has 6 nitrogen and oxygen atoms in total. The van der Waals surface area contributed by atoms with Crippen LogP contribution < -0.4 is 4.72 Å². The van der Waals surface area contributed by atoms with Gasteiger partial charge in [-0.05, 0) is 67.4 Å². The van der Waals surface area contributed by atoms with Gasteiger partial charge in [-0.3, -0.25) is 14.4 Å². The Morgan fingerprint density at radius 1 is 0.912 bits per heavy atom. The maximum atomic E-state index is 13.9. The van der Waals surface area contributed by atoms with E-state index in [9.17, 15) is 17.6 Å². The van der Waals surface area contributed by atoms with Crippen LogP contribution >= 0.6 is 0 Å². The van der Waals surface area contributed by atoms with Crippen molar-refractivity contribution in [3.05, 3.63) is 94.8 Å². The zero-order valence-electron chi connectivity index (χ0n) is 19.3. The van der Waals surface area contributed by atoms with Crippen molar-refractivity contribution in [2.45, 2.75) is 25.3 Å². The van der Waals surface area contributed by atoms with Crippen LogP contribution in [0.15, 0.2) is 71.6 Å². The summed E-state index contributed by atoms with van der Waals surface area (Å²) in [7, 11) is -3.72. The van der Waals surface area contributed by atoms with E-state index in [-0.39, 0.29) is 16.6 Å². The lowest BCUT2D eigenvalue weighted by atomic mass is 10.1. The van der Waals surface area contributed by atoms with Crippen molar-refractivity contribution in [1.29, 1.82) is 0 Å². The average molecular weight is 482 g/mol. The summed E-state index contributed by atoms with van der Waals surface area (Å²) in [5.41, 5.74) is 3.47. The van der Waals surface area contributed by atoms with Crippen molar-refractivity contribution < 1.29 is 17.6 Å². The SMILES string of the molecule is Cc1ccc(S(=O)(=O)Nc2ccc(C(=O)N3CCN(Cc4ccccc4F)CC3)cc2)cc1C. The quantitative estimate of drug-likeness (QED) is 0.573. The highest BCUT2D eigenvalue weighted by atomic mass is 32.2. The highest BCUT2D eigenvalue weighted by molar-refractivity contribution is 7.92. The summed E-state index contributed by atoms with van der Waals surface area (Å²) in [6.45, 7) is 6.74. The smallest absolute Gasteiger partial charge is 0.261 e. The first kappa shape index (κ1) is 23.9. The Bertz CT molecular complexity index is 1280. The molecule has 1 amide bonds. The second-order valence-electron chi connectivity index (χ2n) is 8.59. The lowest BCUT2D eigenvalue weighted by molar-refractivity contribution is 0.0627. The summed E-state index contributed by atoms with van der Waals surface area (Å²) < 4.78 is 41.9. The van der Waals surface area contributed by atoms with Gasteiger partial charge in [-0.2, -0.15) is 0 Å². The minimum atomic E-state index is -3.72. The van der Waals surface area contributed by atoms with Gasteiger partial charge in [0.25, 0.3) is 15.9 Å². The number of aryl methyl sites for hydroxylation is 2. The second kappa shape index (κ2) is 9.95. The van der Waals surface area contributed by atoms with E-state index in [4.69, 9.17) is 0 Å². The predicted octanol–water partition coefficient (Wildman–Crippen LogP) is 4.20. The molecular weight excluding hydrogens is 453 g/mol. The lowest BCUT2D eigenvalue weighted by Crippen LogP contribution is -2.48. The molecule has 0 aromatic heterocycles. The molecule has 0 spiro atoms. The first-order valence-corrected chi connectivity index (χ1v) is 12.7. The largest absolute Gasteiger partial charge is 0.336 e. The first-order chi connectivity index (χ1) is 16.2. The molecule has 1 heterocycles. The molecule has 1 fully saturated rings. The van der Waals surface area contributed by atoms with E-state index in [1.54, 1.807) is 59.5 Å². The molecule has 3 aromatic carbocycles. The number of carbonyl (C=O) groups excluding carboxylic acids is 1. The maximum absolute atomic E-state index is 13.9. The summed E-state index contributed by atoms with van der Waals surface area (Å²) in [6.07, 6.45) is 0. The summed E-state index contributed by atoms with van der Waals surface area (Å²) in [6, 6.07) is 18.2. The standard InChI is InChI=1S/C26H28FN3O3S/c1-19-7-12-24(17-20(19)2)34(32,33)28-23-10-8-21(9-11-23)26(31)30-15-13-29(14-16-30)18-22-5-3-4-6-25(22)27/h3-12,17,28H,13-16,18H2,1-2H3. The monoisotopic (exact) mass is 481 g/mol. The minimum absolute atomic E-state index is 0.103. The summed E-state index contributed by atoms with van der Waals surface area (Å²) in [5.74, 6) is -0.316. The van der Waals surface area contributed by atoms with Crippen LogP contribution in [0.2, 0.25) is 0 Å². The van der Waals surface area contributed by atoms with Crippen LogP contribution in [0.4, 0.5) is 10.1 Å². The van der Waals surface area contributed by atoms with Gasteiger partial charge in [-0.15, -0.1) is 0 Å². The molecule has 1 aliphatic heterocycles. The maximum Gasteiger partial charge on any atom is 0.261 e. The van der Waals surface area contributed by atoms with Gasteiger partial charge in [0.1, 0.15) is 5.82 Å².